The molecule has 1 unspecified atom stereocenters. The Morgan fingerprint density at radius 2 is 1.93 bits per heavy atom. The van der Waals surface area contributed by atoms with Crippen LogP contribution in [0.1, 0.15) is 40.5 Å². The highest BCUT2D eigenvalue weighted by Crippen LogP contribution is 2.17. The number of piperidine rings is 1. The summed E-state index contributed by atoms with van der Waals surface area (Å²) < 4.78 is 19.3. The molecule has 1 aliphatic heterocycles. The van der Waals surface area contributed by atoms with Crippen LogP contribution in [-0.4, -0.2) is 55.1 Å². The summed E-state index contributed by atoms with van der Waals surface area (Å²) >= 11 is 0. The Hall–Kier alpha value is -1.58. The maximum absolute atomic E-state index is 13.7. The van der Waals surface area contributed by atoms with E-state index in [1.165, 1.54) is 6.07 Å². The van der Waals surface area contributed by atoms with Crippen LogP contribution in [0.5, 0.6) is 5.75 Å². The number of amides is 1. The van der Waals surface area contributed by atoms with E-state index in [2.05, 4.69) is 15.6 Å². The lowest BCUT2D eigenvalue weighted by Gasteiger charge is -2.34. The van der Waals surface area contributed by atoms with Crippen molar-refractivity contribution in [2.24, 2.45) is 10.9 Å². The summed E-state index contributed by atoms with van der Waals surface area (Å²) in [6.45, 7) is 10.4. The van der Waals surface area contributed by atoms with E-state index in [0.29, 0.717) is 6.54 Å². The molecule has 1 fully saturated rings. The molecule has 2 rings (SSSR count). The van der Waals surface area contributed by atoms with Crippen LogP contribution in [0, 0.1) is 11.7 Å². The predicted molar refractivity (Wildman–Crippen MR) is 125 cm³/mol. The first-order valence-corrected chi connectivity index (χ1v) is 10.2. The van der Waals surface area contributed by atoms with Gasteiger partial charge >= 0.3 is 0 Å². The molecule has 164 valence electrons. The number of benzene rings is 1. The fourth-order valence-corrected chi connectivity index (χ4v) is 3.14. The normalized spacial score (nSPS) is 16.2. The number of nitrogens with one attached hydrogen (secondary N) is 2. The number of ether oxygens (including phenoxy) is 1. The van der Waals surface area contributed by atoms with Crippen LogP contribution < -0.4 is 15.4 Å². The molecule has 1 aliphatic rings. The van der Waals surface area contributed by atoms with Crippen molar-refractivity contribution in [3.63, 3.8) is 0 Å². The number of guanidine groups is 1. The van der Waals surface area contributed by atoms with Gasteiger partial charge in [0, 0.05) is 31.6 Å². The van der Waals surface area contributed by atoms with Crippen molar-refractivity contribution in [2.75, 3.05) is 26.2 Å². The Bertz CT molecular complexity index is 664. The Kier molecular flexibility index (Phi) is 11.3. The highest BCUT2D eigenvalue weighted by molar-refractivity contribution is 14.0. The van der Waals surface area contributed by atoms with Gasteiger partial charge < -0.3 is 20.3 Å². The van der Waals surface area contributed by atoms with Crippen LogP contribution in [-0.2, 0) is 4.79 Å². The van der Waals surface area contributed by atoms with E-state index in [1.54, 1.807) is 18.2 Å². The summed E-state index contributed by atoms with van der Waals surface area (Å²) in [5, 5.41) is 6.69. The third-order valence-corrected chi connectivity index (χ3v) is 4.66. The minimum atomic E-state index is -0.369. The van der Waals surface area contributed by atoms with Crippen LogP contribution in [0.2, 0.25) is 0 Å². The second kappa shape index (κ2) is 12.9. The van der Waals surface area contributed by atoms with Gasteiger partial charge in [0.05, 0.1) is 6.54 Å². The zero-order valence-electron chi connectivity index (χ0n) is 17.8. The zero-order chi connectivity index (χ0) is 20.5. The molecule has 2 N–H and O–H groups in total. The standard InChI is InChI=1S/C21H33FN4O2.HI/c1-5-23-21(24-14-16(4)28-19-9-7-6-8-18(19)22)25-17-10-12-26(13-11-17)20(27)15(2)3;/h6-9,15-17H,5,10-14H2,1-4H3,(H2,23,24,25);1H. The van der Waals surface area contributed by atoms with Crippen molar-refractivity contribution in [2.45, 2.75) is 52.7 Å². The third kappa shape index (κ3) is 8.36. The molecule has 6 nitrogen and oxygen atoms in total. The number of halogens is 2. The summed E-state index contributed by atoms with van der Waals surface area (Å²) in [5.41, 5.74) is 0. The van der Waals surface area contributed by atoms with Crippen molar-refractivity contribution in [1.29, 1.82) is 0 Å². The lowest BCUT2D eigenvalue weighted by Crippen LogP contribution is -2.50. The molecule has 0 spiro atoms. The fourth-order valence-electron chi connectivity index (χ4n) is 3.14. The smallest absolute Gasteiger partial charge is 0.225 e. The van der Waals surface area contributed by atoms with E-state index >= 15 is 0 Å². The summed E-state index contributed by atoms with van der Waals surface area (Å²) in [5.74, 6) is 0.856. The average molecular weight is 520 g/mol. The minimum Gasteiger partial charge on any atom is -0.486 e. The van der Waals surface area contributed by atoms with Gasteiger partial charge in [-0.05, 0) is 38.8 Å². The van der Waals surface area contributed by atoms with Crippen LogP contribution in [0.15, 0.2) is 29.3 Å². The highest BCUT2D eigenvalue weighted by Gasteiger charge is 2.24. The van der Waals surface area contributed by atoms with E-state index in [9.17, 15) is 9.18 Å². The van der Waals surface area contributed by atoms with Gasteiger partial charge in [0.1, 0.15) is 6.10 Å². The molecule has 1 amide bonds. The van der Waals surface area contributed by atoms with Crippen molar-refractivity contribution >= 4 is 35.8 Å². The molecule has 1 heterocycles. The second-order valence-corrected chi connectivity index (χ2v) is 7.48. The highest BCUT2D eigenvalue weighted by atomic mass is 127. The van der Waals surface area contributed by atoms with Crippen molar-refractivity contribution in [3.05, 3.63) is 30.1 Å². The van der Waals surface area contributed by atoms with E-state index in [-0.39, 0.29) is 59.5 Å². The summed E-state index contributed by atoms with van der Waals surface area (Å²) in [7, 11) is 0. The van der Waals surface area contributed by atoms with E-state index < -0.39 is 0 Å². The lowest BCUT2D eigenvalue weighted by molar-refractivity contribution is -0.135. The fraction of sp³-hybridized carbons (Fsp3) is 0.619. The molecule has 0 bridgehead atoms. The Balaban J connectivity index is 0.00000420. The second-order valence-electron chi connectivity index (χ2n) is 7.48. The van der Waals surface area contributed by atoms with Gasteiger partial charge in [-0.2, -0.15) is 0 Å². The predicted octanol–water partition coefficient (Wildman–Crippen LogP) is 3.41. The van der Waals surface area contributed by atoms with Gasteiger partial charge in [0.25, 0.3) is 0 Å². The van der Waals surface area contributed by atoms with Gasteiger partial charge in [0.15, 0.2) is 17.5 Å². The molecule has 0 aliphatic carbocycles. The van der Waals surface area contributed by atoms with Gasteiger partial charge in [-0.25, -0.2) is 9.38 Å². The lowest BCUT2D eigenvalue weighted by atomic mass is 10.0. The first-order valence-electron chi connectivity index (χ1n) is 10.2. The molecule has 0 radical (unpaired) electrons. The maximum Gasteiger partial charge on any atom is 0.225 e. The SMILES string of the molecule is CCNC(=NCC(C)Oc1ccccc1F)NC1CCN(C(=O)C(C)C)CC1.I. The summed E-state index contributed by atoms with van der Waals surface area (Å²) in [6.07, 6.45) is 1.53. The number of carbonyl (C=O) groups is 1. The number of rotatable bonds is 7. The van der Waals surface area contributed by atoms with Crippen LogP contribution in [0.4, 0.5) is 4.39 Å². The Labute approximate surface area is 190 Å². The molecule has 0 aromatic heterocycles. The first-order chi connectivity index (χ1) is 13.4. The monoisotopic (exact) mass is 520 g/mol. The van der Waals surface area contributed by atoms with Crippen LogP contribution in [0.3, 0.4) is 0 Å². The van der Waals surface area contributed by atoms with Crippen molar-refractivity contribution in [1.82, 2.24) is 15.5 Å². The number of carbonyl (C=O) groups excluding carboxylic acids is 1. The van der Waals surface area contributed by atoms with Crippen molar-refractivity contribution in [3.8, 4) is 5.75 Å². The topological polar surface area (TPSA) is 66.0 Å². The van der Waals surface area contributed by atoms with E-state index in [1.807, 2.05) is 32.6 Å². The summed E-state index contributed by atoms with van der Waals surface area (Å²) in [6, 6.07) is 6.66. The molecule has 8 heteroatoms. The minimum absolute atomic E-state index is 0. The quantitative estimate of drug-likeness (QED) is 0.329. The maximum atomic E-state index is 13.7. The number of para-hydroxylation sites is 1. The first kappa shape index (κ1) is 25.5. The number of aliphatic imine (C=N–C) groups is 1. The Morgan fingerprint density at radius 3 is 2.52 bits per heavy atom. The van der Waals surface area contributed by atoms with Gasteiger partial charge in [-0.15, -0.1) is 24.0 Å². The summed E-state index contributed by atoms with van der Waals surface area (Å²) in [4.78, 5) is 18.6. The number of likely N-dealkylation sites (tertiary alicyclic amines) is 1. The van der Waals surface area contributed by atoms with Gasteiger partial charge in [0.2, 0.25) is 5.91 Å². The number of nitrogens with zero attached hydrogens (tertiary/aromatic N) is 2. The molecule has 1 aromatic carbocycles. The molecular weight excluding hydrogens is 486 g/mol. The molecule has 0 saturated carbocycles. The molecule has 1 saturated heterocycles. The largest absolute Gasteiger partial charge is 0.486 e. The zero-order valence-corrected chi connectivity index (χ0v) is 20.1. The van der Waals surface area contributed by atoms with Crippen LogP contribution >= 0.6 is 24.0 Å². The number of hydrogen-bond acceptors (Lipinski definition) is 3. The molecule has 1 atom stereocenters. The average Bonchev–Trinajstić information content (AvgIpc) is 2.68. The third-order valence-electron chi connectivity index (χ3n) is 4.66. The molecular formula is C21H34FIN4O2. The van der Waals surface area contributed by atoms with Crippen molar-refractivity contribution < 1.29 is 13.9 Å². The molecule has 29 heavy (non-hydrogen) atoms. The number of hydrogen-bond donors (Lipinski definition) is 2. The van der Waals surface area contributed by atoms with Gasteiger partial charge in [-0.1, -0.05) is 26.0 Å². The van der Waals surface area contributed by atoms with Crippen LogP contribution in [0.25, 0.3) is 0 Å². The van der Waals surface area contributed by atoms with E-state index in [0.717, 1.165) is 38.4 Å². The molecule has 1 aromatic rings. The van der Waals surface area contributed by atoms with Gasteiger partial charge in [-0.3, -0.25) is 4.79 Å². The Morgan fingerprint density at radius 1 is 1.28 bits per heavy atom. The van der Waals surface area contributed by atoms with E-state index in [4.69, 9.17) is 4.74 Å².